The van der Waals surface area contributed by atoms with Gasteiger partial charge in [0.05, 0.1) is 4.92 Å². The van der Waals surface area contributed by atoms with Crippen molar-refractivity contribution in [1.82, 2.24) is 5.32 Å². The zero-order valence-electron chi connectivity index (χ0n) is 11.6. The minimum atomic E-state index is -0.679. The lowest BCUT2D eigenvalue weighted by molar-refractivity contribution is -0.385. The largest absolute Gasteiger partial charge is 0.477 e. The number of hydrogen-bond donors (Lipinski definition) is 2. The molecule has 0 bridgehead atoms. The van der Waals surface area contributed by atoms with Crippen LogP contribution >= 0.6 is 0 Å². The number of nitrogens with one attached hydrogen (secondary N) is 1. The molecule has 1 rings (SSSR count). The van der Waals surface area contributed by atoms with Crippen LogP contribution in [0.5, 0.6) is 5.75 Å². The first-order chi connectivity index (χ1) is 9.40. The van der Waals surface area contributed by atoms with E-state index in [0.29, 0.717) is 12.5 Å². The molecule has 20 heavy (non-hydrogen) atoms. The van der Waals surface area contributed by atoms with Gasteiger partial charge < -0.3 is 15.8 Å². The molecule has 0 saturated carbocycles. The van der Waals surface area contributed by atoms with E-state index < -0.39 is 10.8 Å². The van der Waals surface area contributed by atoms with Crippen molar-refractivity contribution in [2.24, 2.45) is 11.7 Å². The maximum absolute atomic E-state index is 11.0. The van der Waals surface area contributed by atoms with E-state index in [4.69, 9.17) is 10.5 Å². The van der Waals surface area contributed by atoms with Crippen LogP contribution < -0.4 is 15.8 Å². The zero-order chi connectivity index (χ0) is 15.1. The van der Waals surface area contributed by atoms with Crippen molar-refractivity contribution in [3.63, 3.8) is 0 Å². The van der Waals surface area contributed by atoms with Gasteiger partial charge >= 0.3 is 5.69 Å². The van der Waals surface area contributed by atoms with Gasteiger partial charge in [-0.2, -0.15) is 0 Å². The van der Waals surface area contributed by atoms with Gasteiger partial charge in [0.1, 0.15) is 0 Å². The van der Waals surface area contributed by atoms with Crippen LogP contribution in [-0.4, -0.2) is 24.0 Å². The van der Waals surface area contributed by atoms with Crippen LogP contribution in [0.3, 0.4) is 0 Å². The fraction of sp³-hybridized carbons (Fsp3) is 0.462. The Morgan fingerprint density at radius 2 is 2.20 bits per heavy atom. The number of carbonyl (C=O) groups is 1. The van der Waals surface area contributed by atoms with E-state index >= 15 is 0 Å². The van der Waals surface area contributed by atoms with Crippen LogP contribution in [0.4, 0.5) is 5.69 Å². The van der Waals surface area contributed by atoms with Crippen molar-refractivity contribution in [1.29, 1.82) is 0 Å². The standard InChI is InChI=1S/C13H19N3O4/c1-9(2)6-15-7-10-3-4-12(20-8-13(14)17)11(5-10)16(18)19/h3-5,9,15H,6-8H2,1-2H3,(H2,14,17). The lowest BCUT2D eigenvalue weighted by atomic mass is 10.1. The Morgan fingerprint density at radius 3 is 2.75 bits per heavy atom. The van der Waals surface area contributed by atoms with E-state index in [1.54, 1.807) is 6.07 Å². The fourth-order valence-corrected chi connectivity index (χ4v) is 1.59. The third-order valence-electron chi connectivity index (χ3n) is 2.47. The molecular formula is C13H19N3O4. The molecule has 1 aromatic carbocycles. The van der Waals surface area contributed by atoms with Crippen molar-refractivity contribution < 1.29 is 14.5 Å². The summed E-state index contributed by atoms with van der Waals surface area (Å²) in [5.41, 5.74) is 5.56. The lowest BCUT2D eigenvalue weighted by Crippen LogP contribution is -2.20. The third kappa shape index (κ3) is 5.23. The lowest BCUT2D eigenvalue weighted by Gasteiger charge is -2.09. The average Bonchev–Trinajstić information content (AvgIpc) is 2.36. The first-order valence-corrected chi connectivity index (χ1v) is 6.29. The number of nitrogens with two attached hydrogens (primary N) is 1. The number of nitro benzene ring substituents is 1. The van der Waals surface area contributed by atoms with Gasteiger partial charge in [-0.05, 0) is 24.1 Å². The highest BCUT2D eigenvalue weighted by molar-refractivity contribution is 5.75. The zero-order valence-corrected chi connectivity index (χ0v) is 11.6. The van der Waals surface area contributed by atoms with Gasteiger partial charge in [0.2, 0.25) is 0 Å². The summed E-state index contributed by atoms with van der Waals surface area (Å²) < 4.78 is 5.02. The van der Waals surface area contributed by atoms with E-state index in [0.717, 1.165) is 12.1 Å². The van der Waals surface area contributed by atoms with Gasteiger partial charge in [-0.1, -0.05) is 19.9 Å². The van der Waals surface area contributed by atoms with Gasteiger partial charge in [0.25, 0.3) is 5.91 Å². The van der Waals surface area contributed by atoms with Crippen LogP contribution in [0.25, 0.3) is 0 Å². The Balaban J connectivity index is 2.78. The Morgan fingerprint density at radius 1 is 1.50 bits per heavy atom. The molecule has 0 radical (unpaired) electrons. The average molecular weight is 281 g/mol. The van der Waals surface area contributed by atoms with Gasteiger partial charge in [-0.15, -0.1) is 0 Å². The second kappa shape index (κ2) is 7.44. The van der Waals surface area contributed by atoms with Crippen LogP contribution in [0.15, 0.2) is 18.2 Å². The highest BCUT2D eigenvalue weighted by atomic mass is 16.6. The quantitative estimate of drug-likeness (QED) is 0.550. The summed E-state index contributed by atoms with van der Waals surface area (Å²) in [6.07, 6.45) is 0. The molecule has 0 aliphatic rings. The molecule has 0 aliphatic heterocycles. The monoisotopic (exact) mass is 281 g/mol. The molecule has 0 unspecified atom stereocenters. The molecule has 0 saturated heterocycles. The van der Waals surface area contributed by atoms with Gasteiger partial charge in [0, 0.05) is 12.6 Å². The number of rotatable bonds is 8. The Kier molecular flexibility index (Phi) is 5.92. The molecular weight excluding hydrogens is 262 g/mol. The molecule has 0 fully saturated rings. The van der Waals surface area contributed by atoms with E-state index in [1.165, 1.54) is 12.1 Å². The number of nitrogens with zero attached hydrogens (tertiary/aromatic N) is 1. The summed E-state index contributed by atoms with van der Waals surface area (Å²) >= 11 is 0. The summed E-state index contributed by atoms with van der Waals surface area (Å²) in [5, 5.41) is 14.2. The first-order valence-electron chi connectivity index (χ1n) is 6.29. The molecule has 0 spiro atoms. The summed E-state index contributed by atoms with van der Waals surface area (Å²) in [4.78, 5) is 21.1. The second-order valence-corrected chi connectivity index (χ2v) is 4.84. The number of amides is 1. The van der Waals surface area contributed by atoms with E-state index in [2.05, 4.69) is 19.2 Å². The predicted octanol–water partition coefficient (Wildman–Crippen LogP) is 1.20. The third-order valence-corrected chi connectivity index (χ3v) is 2.47. The molecule has 1 aromatic rings. The molecule has 0 atom stereocenters. The molecule has 7 heteroatoms. The second-order valence-electron chi connectivity index (χ2n) is 4.84. The smallest absolute Gasteiger partial charge is 0.311 e. The predicted molar refractivity (Wildman–Crippen MR) is 74.3 cm³/mol. The summed E-state index contributed by atoms with van der Waals surface area (Å²) in [5.74, 6) is -0.133. The number of primary amides is 1. The minimum Gasteiger partial charge on any atom is -0.477 e. The molecule has 0 aromatic heterocycles. The highest BCUT2D eigenvalue weighted by Gasteiger charge is 2.16. The van der Waals surface area contributed by atoms with Crippen LogP contribution in [0, 0.1) is 16.0 Å². The number of hydrogen-bond acceptors (Lipinski definition) is 5. The van der Waals surface area contributed by atoms with Crippen molar-refractivity contribution in [3.05, 3.63) is 33.9 Å². The molecule has 110 valence electrons. The van der Waals surface area contributed by atoms with E-state index in [9.17, 15) is 14.9 Å². The van der Waals surface area contributed by atoms with Crippen LogP contribution in [0.1, 0.15) is 19.4 Å². The van der Waals surface area contributed by atoms with Crippen molar-refractivity contribution in [2.45, 2.75) is 20.4 Å². The Labute approximate surface area is 117 Å². The molecule has 1 amide bonds. The number of ether oxygens (including phenoxy) is 1. The molecule has 3 N–H and O–H groups in total. The summed E-state index contributed by atoms with van der Waals surface area (Å²) in [6.45, 7) is 5.14. The number of benzene rings is 1. The van der Waals surface area contributed by atoms with Crippen molar-refractivity contribution in [2.75, 3.05) is 13.2 Å². The maximum atomic E-state index is 11.0. The van der Waals surface area contributed by atoms with Gasteiger partial charge in [-0.3, -0.25) is 14.9 Å². The van der Waals surface area contributed by atoms with Gasteiger partial charge in [-0.25, -0.2) is 0 Å². The topological polar surface area (TPSA) is 107 Å². The van der Waals surface area contributed by atoms with E-state index in [1.807, 2.05) is 0 Å². The highest BCUT2D eigenvalue weighted by Crippen LogP contribution is 2.27. The van der Waals surface area contributed by atoms with Crippen molar-refractivity contribution in [3.8, 4) is 5.75 Å². The van der Waals surface area contributed by atoms with Gasteiger partial charge in [0.15, 0.2) is 12.4 Å². The SMILES string of the molecule is CC(C)CNCc1ccc(OCC(N)=O)c([N+](=O)[O-])c1. The normalized spacial score (nSPS) is 10.6. The number of carbonyl (C=O) groups excluding carboxylic acids is 1. The summed E-state index contributed by atoms with van der Waals surface area (Å²) in [7, 11) is 0. The van der Waals surface area contributed by atoms with Crippen LogP contribution in [0.2, 0.25) is 0 Å². The first kappa shape index (κ1) is 15.9. The molecule has 0 heterocycles. The Hall–Kier alpha value is -2.15. The molecule has 0 aliphatic carbocycles. The molecule has 7 nitrogen and oxygen atoms in total. The summed E-state index contributed by atoms with van der Waals surface area (Å²) in [6, 6.07) is 4.63. The minimum absolute atomic E-state index is 0.0430. The van der Waals surface area contributed by atoms with E-state index in [-0.39, 0.29) is 18.0 Å². The van der Waals surface area contributed by atoms with Crippen molar-refractivity contribution >= 4 is 11.6 Å². The Bertz CT molecular complexity index is 489. The number of nitro groups is 1. The maximum Gasteiger partial charge on any atom is 0.311 e. The fourth-order valence-electron chi connectivity index (χ4n) is 1.59. The van der Waals surface area contributed by atoms with Crippen LogP contribution in [-0.2, 0) is 11.3 Å².